The van der Waals surface area contributed by atoms with Crippen molar-refractivity contribution >= 4 is 0 Å². The molecule has 2 nitrogen and oxygen atoms in total. The van der Waals surface area contributed by atoms with Crippen LogP contribution in [0.15, 0.2) is 30.3 Å². The average molecular weight is 216 g/mol. The molecule has 0 aliphatic carbocycles. The van der Waals surface area contributed by atoms with Crippen LogP contribution in [0.5, 0.6) is 0 Å². The van der Waals surface area contributed by atoms with Crippen molar-refractivity contribution in [2.75, 3.05) is 13.1 Å². The monoisotopic (exact) mass is 216 g/mol. The molecule has 0 aliphatic rings. The van der Waals surface area contributed by atoms with Crippen molar-refractivity contribution in [1.82, 2.24) is 5.32 Å². The summed E-state index contributed by atoms with van der Waals surface area (Å²) in [5.74, 6) is 2.62. The maximum atomic E-state index is 5.82. The maximum Gasteiger partial charge on any atom is 0.0316 e. The van der Waals surface area contributed by atoms with Crippen molar-refractivity contribution in [1.29, 1.82) is 0 Å². The van der Waals surface area contributed by atoms with Gasteiger partial charge in [-0.2, -0.15) is 0 Å². The van der Waals surface area contributed by atoms with Gasteiger partial charge in [0.05, 0.1) is 0 Å². The van der Waals surface area contributed by atoms with Crippen LogP contribution in [0.3, 0.4) is 0 Å². The topological polar surface area (TPSA) is 38.0 Å². The fourth-order valence-corrected chi connectivity index (χ4v) is 1.69. The third-order valence-electron chi connectivity index (χ3n) is 2.71. The smallest absolute Gasteiger partial charge is 0.0316 e. The van der Waals surface area contributed by atoms with Crippen LogP contribution in [-0.2, 0) is 6.42 Å². The summed E-state index contributed by atoms with van der Waals surface area (Å²) in [4.78, 5) is 0. The Kier molecular flexibility index (Phi) is 5.04. The van der Waals surface area contributed by atoms with Gasteiger partial charge in [0.25, 0.3) is 0 Å². The molecule has 0 radical (unpaired) electrons. The predicted octanol–water partition coefficient (Wildman–Crippen LogP) is 1.56. The second kappa shape index (κ2) is 6.32. The Balaban J connectivity index is 2.56. The lowest BCUT2D eigenvalue weighted by molar-refractivity contribution is 0.366. The van der Waals surface area contributed by atoms with Crippen molar-refractivity contribution in [2.45, 2.75) is 25.3 Å². The molecule has 3 N–H and O–H groups in total. The molecule has 1 unspecified atom stereocenters. The van der Waals surface area contributed by atoms with Crippen LogP contribution in [0.4, 0.5) is 0 Å². The molecule has 86 valence electrons. The second-order valence-electron chi connectivity index (χ2n) is 4.31. The van der Waals surface area contributed by atoms with Gasteiger partial charge in [0.15, 0.2) is 0 Å². The van der Waals surface area contributed by atoms with Gasteiger partial charge in [-0.15, -0.1) is 12.3 Å². The average Bonchev–Trinajstić information content (AvgIpc) is 2.31. The van der Waals surface area contributed by atoms with E-state index in [9.17, 15) is 0 Å². The molecule has 1 rings (SSSR count). The first-order valence-corrected chi connectivity index (χ1v) is 5.63. The molecule has 0 spiro atoms. The molecule has 0 aromatic heterocycles. The molecule has 0 saturated carbocycles. The maximum absolute atomic E-state index is 5.82. The van der Waals surface area contributed by atoms with Crippen molar-refractivity contribution in [3.8, 4) is 12.3 Å². The van der Waals surface area contributed by atoms with E-state index in [0.717, 1.165) is 19.4 Å². The quantitative estimate of drug-likeness (QED) is 0.559. The molecule has 0 fully saturated rings. The molecule has 1 atom stereocenters. The Morgan fingerprint density at radius 2 is 2.06 bits per heavy atom. The highest BCUT2D eigenvalue weighted by molar-refractivity contribution is 5.17. The third-order valence-corrected chi connectivity index (χ3v) is 2.71. The highest BCUT2D eigenvalue weighted by Crippen LogP contribution is 2.11. The van der Waals surface area contributed by atoms with Gasteiger partial charge in [0.2, 0.25) is 0 Å². The highest BCUT2D eigenvalue weighted by atomic mass is 15.0. The first-order chi connectivity index (χ1) is 7.70. The van der Waals surface area contributed by atoms with Crippen LogP contribution in [0.1, 0.15) is 18.9 Å². The van der Waals surface area contributed by atoms with Crippen molar-refractivity contribution < 1.29 is 0 Å². The Morgan fingerprint density at radius 3 is 2.62 bits per heavy atom. The highest BCUT2D eigenvalue weighted by Gasteiger charge is 2.21. The van der Waals surface area contributed by atoms with E-state index in [0.29, 0.717) is 6.54 Å². The first-order valence-electron chi connectivity index (χ1n) is 5.63. The molecule has 1 aromatic rings. The minimum atomic E-state index is -0.0712. The second-order valence-corrected chi connectivity index (χ2v) is 4.31. The fourth-order valence-electron chi connectivity index (χ4n) is 1.69. The summed E-state index contributed by atoms with van der Waals surface area (Å²) in [6, 6.07) is 10.4. The Hall–Kier alpha value is -1.30. The van der Waals surface area contributed by atoms with Gasteiger partial charge in [0, 0.05) is 25.0 Å². The molecular formula is C14H20N2. The van der Waals surface area contributed by atoms with E-state index in [1.165, 1.54) is 5.56 Å². The number of hydrogen-bond acceptors (Lipinski definition) is 2. The van der Waals surface area contributed by atoms with Crippen LogP contribution in [0, 0.1) is 12.3 Å². The van der Waals surface area contributed by atoms with Gasteiger partial charge in [0.1, 0.15) is 0 Å². The lowest BCUT2D eigenvalue weighted by atomic mass is 9.93. The normalized spacial score (nSPS) is 14.1. The van der Waals surface area contributed by atoms with E-state index in [1.54, 1.807) is 0 Å². The van der Waals surface area contributed by atoms with Crippen molar-refractivity contribution in [2.24, 2.45) is 5.73 Å². The van der Waals surface area contributed by atoms with E-state index in [2.05, 4.69) is 30.3 Å². The zero-order valence-electron chi connectivity index (χ0n) is 9.87. The Bertz CT molecular complexity index is 340. The molecule has 0 aliphatic heterocycles. The van der Waals surface area contributed by atoms with Crippen molar-refractivity contribution in [3.05, 3.63) is 35.9 Å². The lowest BCUT2D eigenvalue weighted by Crippen LogP contribution is -2.50. The van der Waals surface area contributed by atoms with Crippen LogP contribution in [-0.4, -0.2) is 18.6 Å². The van der Waals surface area contributed by atoms with Gasteiger partial charge < -0.3 is 11.1 Å². The van der Waals surface area contributed by atoms with E-state index >= 15 is 0 Å². The summed E-state index contributed by atoms with van der Waals surface area (Å²) in [5.41, 5.74) is 7.05. The standard InChI is InChI=1S/C14H20N2/c1-3-4-10-16-14(2,12-15)11-13-8-6-5-7-9-13/h1,5-9,16H,4,10-12,15H2,2H3. The fraction of sp³-hybridized carbons (Fsp3) is 0.429. The van der Waals surface area contributed by atoms with Crippen LogP contribution >= 0.6 is 0 Å². The molecule has 0 bridgehead atoms. The van der Waals surface area contributed by atoms with Gasteiger partial charge in [-0.25, -0.2) is 0 Å². The van der Waals surface area contributed by atoms with Crippen LogP contribution < -0.4 is 11.1 Å². The van der Waals surface area contributed by atoms with E-state index in [4.69, 9.17) is 12.2 Å². The number of hydrogen-bond donors (Lipinski definition) is 2. The largest absolute Gasteiger partial charge is 0.329 e. The zero-order chi connectivity index (χ0) is 11.9. The van der Waals surface area contributed by atoms with E-state index in [1.807, 2.05) is 18.2 Å². The van der Waals surface area contributed by atoms with Crippen LogP contribution in [0.2, 0.25) is 0 Å². The van der Waals surface area contributed by atoms with Gasteiger partial charge in [-0.3, -0.25) is 0 Å². The SMILES string of the molecule is C#CCCNC(C)(CN)Cc1ccccc1. The molecule has 1 aromatic carbocycles. The van der Waals surface area contributed by atoms with Crippen molar-refractivity contribution in [3.63, 3.8) is 0 Å². The molecule has 0 saturated heterocycles. The number of nitrogens with two attached hydrogens (primary N) is 1. The van der Waals surface area contributed by atoms with E-state index in [-0.39, 0.29) is 5.54 Å². The van der Waals surface area contributed by atoms with Crippen LogP contribution in [0.25, 0.3) is 0 Å². The zero-order valence-corrected chi connectivity index (χ0v) is 9.87. The molecule has 0 heterocycles. The molecule has 2 heteroatoms. The number of benzene rings is 1. The lowest BCUT2D eigenvalue weighted by Gasteiger charge is -2.29. The number of rotatable bonds is 6. The summed E-state index contributed by atoms with van der Waals surface area (Å²) in [5, 5.41) is 3.43. The predicted molar refractivity (Wildman–Crippen MR) is 69.1 cm³/mol. The Morgan fingerprint density at radius 1 is 1.38 bits per heavy atom. The number of terminal acetylenes is 1. The summed E-state index contributed by atoms with van der Waals surface area (Å²) in [6.07, 6.45) is 6.90. The summed E-state index contributed by atoms with van der Waals surface area (Å²) in [6.45, 7) is 3.56. The number of nitrogens with one attached hydrogen (secondary N) is 1. The molecular weight excluding hydrogens is 196 g/mol. The molecule has 0 amide bonds. The summed E-state index contributed by atoms with van der Waals surface area (Å²) < 4.78 is 0. The van der Waals surface area contributed by atoms with E-state index < -0.39 is 0 Å². The summed E-state index contributed by atoms with van der Waals surface area (Å²) >= 11 is 0. The van der Waals surface area contributed by atoms with Gasteiger partial charge in [-0.1, -0.05) is 30.3 Å². The third kappa shape index (κ3) is 4.06. The Labute approximate surface area is 98.2 Å². The van der Waals surface area contributed by atoms with Gasteiger partial charge >= 0.3 is 0 Å². The summed E-state index contributed by atoms with van der Waals surface area (Å²) in [7, 11) is 0. The minimum absolute atomic E-state index is 0.0712. The first kappa shape index (κ1) is 12.8. The molecule has 16 heavy (non-hydrogen) atoms. The van der Waals surface area contributed by atoms with Gasteiger partial charge in [-0.05, 0) is 18.9 Å². The minimum Gasteiger partial charge on any atom is -0.329 e.